The molecule has 0 aliphatic rings. The van der Waals surface area contributed by atoms with Crippen LogP contribution in [0.5, 0.6) is 0 Å². The van der Waals surface area contributed by atoms with E-state index < -0.39 is 27.9 Å². The lowest BCUT2D eigenvalue weighted by atomic mass is 10.1. The molecule has 0 saturated heterocycles. The molecule has 10 heteroatoms. The van der Waals surface area contributed by atoms with Crippen molar-refractivity contribution in [3.05, 3.63) is 88.0 Å². The van der Waals surface area contributed by atoms with Gasteiger partial charge in [0.1, 0.15) is 0 Å². The van der Waals surface area contributed by atoms with Crippen LogP contribution in [0.25, 0.3) is 0 Å². The average Bonchev–Trinajstić information content (AvgIpc) is 2.85. The maximum absolute atomic E-state index is 13.2. The van der Waals surface area contributed by atoms with Gasteiger partial charge in [-0.2, -0.15) is 0 Å². The number of methoxy groups -OCH3 is 2. The van der Waals surface area contributed by atoms with Crippen LogP contribution in [0.4, 0.5) is 11.4 Å². The quantitative estimate of drug-likeness (QED) is 0.455. The zero-order valence-corrected chi connectivity index (χ0v) is 21.3. The summed E-state index contributed by atoms with van der Waals surface area (Å²) < 4.78 is 38.4. The minimum absolute atomic E-state index is 0.00763. The number of esters is 2. The zero-order chi connectivity index (χ0) is 26.6. The summed E-state index contributed by atoms with van der Waals surface area (Å²) in [5.74, 6) is -2.08. The first kappa shape index (κ1) is 26.4. The van der Waals surface area contributed by atoms with E-state index in [1.54, 1.807) is 19.1 Å². The van der Waals surface area contributed by atoms with Gasteiger partial charge in [-0.25, -0.2) is 18.0 Å². The number of hydrogen-bond donors (Lipinski definition) is 2. The Morgan fingerprint density at radius 1 is 0.750 bits per heavy atom. The largest absolute Gasteiger partial charge is 0.465 e. The maximum atomic E-state index is 13.2. The molecular formula is C26H26N2O7S. The van der Waals surface area contributed by atoms with Crippen molar-refractivity contribution < 1.29 is 32.3 Å². The smallest absolute Gasteiger partial charge is 0.339 e. The zero-order valence-electron chi connectivity index (χ0n) is 20.5. The molecule has 9 nitrogen and oxygen atoms in total. The Hall–Kier alpha value is -4.18. The lowest BCUT2D eigenvalue weighted by Gasteiger charge is -2.15. The number of amides is 1. The fourth-order valence-corrected chi connectivity index (χ4v) is 4.86. The van der Waals surface area contributed by atoms with Gasteiger partial charge >= 0.3 is 11.9 Å². The van der Waals surface area contributed by atoms with E-state index in [2.05, 4.69) is 10.0 Å². The minimum atomic E-state index is -4.02. The fourth-order valence-electron chi connectivity index (χ4n) is 3.47. The fraction of sp³-hybridized carbons (Fsp3) is 0.192. The van der Waals surface area contributed by atoms with Crippen molar-refractivity contribution in [2.75, 3.05) is 24.3 Å². The molecule has 188 valence electrons. The number of rotatable bonds is 7. The monoisotopic (exact) mass is 510 g/mol. The van der Waals surface area contributed by atoms with Crippen molar-refractivity contribution in [2.24, 2.45) is 0 Å². The first-order valence-corrected chi connectivity index (χ1v) is 12.3. The van der Waals surface area contributed by atoms with Gasteiger partial charge in [-0.05, 0) is 73.9 Å². The number of hydrogen-bond acceptors (Lipinski definition) is 7. The molecule has 1 amide bonds. The van der Waals surface area contributed by atoms with Crippen molar-refractivity contribution in [3.8, 4) is 0 Å². The van der Waals surface area contributed by atoms with Crippen molar-refractivity contribution in [1.82, 2.24) is 0 Å². The molecule has 0 atom stereocenters. The molecule has 36 heavy (non-hydrogen) atoms. The van der Waals surface area contributed by atoms with Crippen LogP contribution >= 0.6 is 0 Å². The number of ether oxygens (including phenoxy) is 2. The second-order valence-corrected chi connectivity index (χ2v) is 9.68. The normalized spacial score (nSPS) is 10.9. The lowest BCUT2D eigenvalue weighted by molar-refractivity contribution is 0.0587. The SMILES string of the molecule is COC(=O)c1ccc(C(=O)OC)c(NC(=O)c2ccc(C)c(S(=O)(=O)Nc3cccc(C)c3C)c2)c1. The molecule has 0 saturated carbocycles. The van der Waals surface area contributed by atoms with Gasteiger partial charge in [-0.3, -0.25) is 9.52 Å². The number of sulfonamides is 1. The number of aryl methyl sites for hydroxylation is 2. The highest BCUT2D eigenvalue weighted by Crippen LogP contribution is 2.26. The Bertz CT molecular complexity index is 1460. The summed E-state index contributed by atoms with van der Waals surface area (Å²) in [5.41, 5.74) is 2.73. The van der Waals surface area contributed by atoms with Crippen molar-refractivity contribution >= 4 is 39.2 Å². The summed E-state index contributed by atoms with van der Waals surface area (Å²) in [6.45, 7) is 5.31. The topological polar surface area (TPSA) is 128 Å². The average molecular weight is 511 g/mol. The van der Waals surface area contributed by atoms with Gasteiger partial charge in [0.25, 0.3) is 15.9 Å². The van der Waals surface area contributed by atoms with E-state index >= 15 is 0 Å². The molecular weight excluding hydrogens is 484 g/mol. The first-order chi connectivity index (χ1) is 17.0. The number of nitrogens with one attached hydrogen (secondary N) is 2. The Kier molecular flexibility index (Phi) is 7.79. The summed E-state index contributed by atoms with van der Waals surface area (Å²) >= 11 is 0. The van der Waals surface area contributed by atoms with Crippen LogP contribution in [0.3, 0.4) is 0 Å². The number of benzene rings is 3. The van der Waals surface area contributed by atoms with E-state index in [9.17, 15) is 22.8 Å². The summed E-state index contributed by atoms with van der Waals surface area (Å²) in [6, 6.07) is 13.5. The molecule has 2 N–H and O–H groups in total. The molecule has 0 heterocycles. The Balaban J connectivity index is 1.98. The molecule has 0 spiro atoms. The number of carbonyl (C=O) groups excluding carboxylic acids is 3. The molecule has 3 aromatic rings. The Morgan fingerprint density at radius 2 is 1.42 bits per heavy atom. The van der Waals surface area contributed by atoms with Crippen molar-refractivity contribution in [3.63, 3.8) is 0 Å². The molecule has 3 rings (SSSR count). The highest BCUT2D eigenvalue weighted by Gasteiger charge is 2.22. The van der Waals surface area contributed by atoms with Crippen molar-refractivity contribution in [1.29, 1.82) is 0 Å². The van der Waals surface area contributed by atoms with Crippen LogP contribution < -0.4 is 10.0 Å². The third-order valence-corrected chi connectivity index (χ3v) is 7.19. The second-order valence-electron chi connectivity index (χ2n) is 8.03. The van der Waals surface area contributed by atoms with Gasteiger partial charge < -0.3 is 14.8 Å². The number of anilines is 2. The standard InChI is InChI=1S/C26H26N2O7S/c1-15-7-6-8-21(17(15)3)28-36(32,33)23-14-18(10-9-16(23)2)24(29)27-22-13-19(25(30)34-4)11-12-20(22)26(31)35-5/h6-14,28H,1-5H3,(H,27,29). The van der Waals surface area contributed by atoms with Gasteiger partial charge in [-0.1, -0.05) is 18.2 Å². The second kappa shape index (κ2) is 10.6. The number of carbonyl (C=O) groups is 3. The molecule has 0 aromatic heterocycles. The minimum Gasteiger partial charge on any atom is -0.465 e. The van der Waals surface area contributed by atoms with Crippen LogP contribution in [0.15, 0.2) is 59.5 Å². The summed E-state index contributed by atoms with van der Waals surface area (Å²) in [6.07, 6.45) is 0. The predicted octanol–water partition coefficient (Wildman–Crippen LogP) is 4.24. The summed E-state index contributed by atoms with van der Waals surface area (Å²) in [4.78, 5) is 37.1. The molecule has 3 aromatic carbocycles. The molecule has 0 aliphatic heterocycles. The van der Waals surface area contributed by atoms with E-state index in [1.807, 2.05) is 19.9 Å². The summed E-state index contributed by atoms with van der Waals surface area (Å²) in [5, 5.41) is 2.56. The van der Waals surface area contributed by atoms with Crippen LogP contribution in [-0.2, 0) is 19.5 Å². The van der Waals surface area contributed by atoms with E-state index in [0.29, 0.717) is 11.3 Å². The van der Waals surface area contributed by atoms with Crippen molar-refractivity contribution in [2.45, 2.75) is 25.7 Å². The maximum Gasteiger partial charge on any atom is 0.339 e. The van der Waals surface area contributed by atoms with E-state index in [1.165, 1.54) is 50.6 Å². The highest BCUT2D eigenvalue weighted by atomic mass is 32.2. The van der Waals surface area contributed by atoms with Gasteiger partial charge in [0, 0.05) is 5.56 Å². The van der Waals surface area contributed by atoms with Gasteiger partial charge in [0.2, 0.25) is 0 Å². The predicted molar refractivity (Wildman–Crippen MR) is 135 cm³/mol. The van der Waals surface area contributed by atoms with E-state index in [0.717, 1.165) is 11.1 Å². The van der Waals surface area contributed by atoms with Crippen LogP contribution in [0, 0.1) is 20.8 Å². The molecule has 0 unspecified atom stereocenters. The molecule has 0 radical (unpaired) electrons. The first-order valence-electron chi connectivity index (χ1n) is 10.8. The van der Waals surface area contributed by atoms with Crippen LogP contribution in [0.2, 0.25) is 0 Å². The Morgan fingerprint density at radius 3 is 2.08 bits per heavy atom. The van der Waals surface area contributed by atoms with Crippen LogP contribution in [0.1, 0.15) is 47.8 Å². The highest BCUT2D eigenvalue weighted by molar-refractivity contribution is 7.92. The lowest BCUT2D eigenvalue weighted by Crippen LogP contribution is -2.19. The Labute approximate surface area is 209 Å². The van der Waals surface area contributed by atoms with E-state index in [4.69, 9.17) is 9.47 Å². The third kappa shape index (κ3) is 5.55. The molecule has 0 bridgehead atoms. The third-order valence-electron chi connectivity index (χ3n) is 5.68. The van der Waals surface area contributed by atoms with Gasteiger partial charge in [0.05, 0.1) is 41.6 Å². The van der Waals surface area contributed by atoms with Gasteiger partial charge in [-0.15, -0.1) is 0 Å². The van der Waals surface area contributed by atoms with E-state index in [-0.39, 0.29) is 27.3 Å². The van der Waals surface area contributed by atoms with Gasteiger partial charge in [0.15, 0.2) is 0 Å². The molecule has 0 fully saturated rings. The van der Waals surface area contributed by atoms with Crippen LogP contribution in [-0.4, -0.2) is 40.5 Å². The molecule has 0 aliphatic carbocycles. The summed E-state index contributed by atoms with van der Waals surface area (Å²) in [7, 11) is -1.64.